The number of aromatic nitrogens is 1. The number of hydrogen-bond donors (Lipinski definition) is 2. The van der Waals surface area contributed by atoms with E-state index in [2.05, 4.69) is 10.3 Å². The molecule has 1 rings (SSSR count). The molecule has 0 unspecified atom stereocenters. The first-order chi connectivity index (χ1) is 6.56. The molecule has 0 aliphatic rings. The number of nitrogens with zero attached hydrogens (tertiary/aromatic N) is 1. The Hall–Kier alpha value is -1.42. The molecule has 1 amide bonds. The minimum Gasteiger partial charge on any atom is -0.329 e. The van der Waals surface area contributed by atoms with Crippen molar-refractivity contribution in [2.24, 2.45) is 11.1 Å². The van der Waals surface area contributed by atoms with Gasteiger partial charge in [0, 0.05) is 24.6 Å². The molecule has 4 heteroatoms. The molecule has 0 aromatic carbocycles. The summed E-state index contributed by atoms with van der Waals surface area (Å²) in [6.07, 6.45) is 3.26. The van der Waals surface area contributed by atoms with Crippen molar-refractivity contribution in [3.63, 3.8) is 0 Å². The minimum atomic E-state index is -0.538. The normalized spacial score (nSPS) is 11.1. The van der Waals surface area contributed by atoms with Gasteiger partial charge < -0.3 is 11.1 Å². The van der Waals surface area contributed by atoms with Crippen LogP contribution in [0.5, 0.6) is 0 Å². The summed E-state index contributed by atoms with van der Waals surface area (Å²) in [6.45, 7) is 3.94. The Kier molecular flexibility index (Phi) is 3.19. The SMILES string of the molecule is CC(C)(CN)C(=O)Nc1ccncc1. The molecule has 0 fully saturated rings. The Balaban J connectivity index is 2.67. The monoisotopic (exact) mass is 193 g/mol. The van der Waals surface area contributed by atoms with Crippen molar-refractivity contribution in [2.75, 3.05) is 11.9 Å². The van der Waals surface area contributed by atoms with Gasteiger partial charge in [-0.05, 0) is 26.0 Å². The van der Waals surface area contributed by atoms with Crippen LogP contribution in [0, 0.1) is 5.41 Å². The van der Waals surface area contributed by atoms with Gasteiger partial charge in [0.15, 0.2) is 0 Å². The van der Waals surface area contributed by atoms with Crippen LogP contribution in [-0.4, -0.2) is 17.4 Å². The summed E-state index contributed by atoms with van der Waals surface area (Å²) in [5.74, 6) is -0.0776. The van der Waals surface area contributed by atoms with Crippen LogP contribution in [0.3, 0.4) is 0 Å². The predicted molar refractivity (Wildman–Crippen MR) is 55.7 cm³/mol. The summed E-state index contributed by atoms with van der Waals surface area (Å²) in [4.78, 5) is 15.5. The van der Waals surface area contributed by atoms with Crippen LogP contribution in [-0.2, 0) is 4.79 Å². The molecule has 14 heavy (non-hydrogen) atoms. The molecule has 1 aromatic heterocycles. The molecular weight excluding hydrogens is 178 g/mol. The van der Waals surface area contributed by atoms with E-state index in [1.54, 1.807) is 24.5 Å². The maximum absolute atomic E-state index is 11.7. The molecule has 0 atom stereocenters. The Morgan fingerprint density at radius 1 is 1.50 bits per heavy atom. The second-order valence-electron chi connectivity index (χ2n) is 3.78. The maximum atomic E-state index is 11.7. The highest BCUT2D eigenvalue weighted by molar-refractivity contribution is 5.94. The fourth-order valence-electron chi connectivity index (χ4n) is 0.828. The Morgan fingerprint density at radius 3 is 2.57 bits per heavy atom. The number of rotatable bonds is 3. The van der Waals surface area contributed by atoms with E-state index in [9.17, 15) is 4.79 Å². The predicted octanol–water partition coefficient (Wildman–Crippen LogP) is 1.00. The smallest absolute Gasteiger partial charge is 0.231 e. The Labute approximate surface area is 83.5 Å². The van der Waals surface area contributed by atoms with Gasteiger partial charge in [-0.3, -0.25) is 9.78 Å². The Bertz CT molecular complexity index is 308. The van der Waals surface area contributed by atoms with E-state index in [1.165, 1.54) is 0 Å². The zero-order chi connectivity index (χ0) is 10.6. The summed E-state index contributed by atoms with van der Waals surface area (Å²) < 4.78 is 0. The molecule has 1 heterocycles. The van der Waals surface area contributed by atoms with Crippen molar-refractivity contribution in [3.8, 4) is 0 Å². The van der Waals surface area contributed by atoms with E-state index < -0.39 is 5.41 Å². The molecule has 0 aliphatic carbocycles. The van der Waals surface area contributed by atoms with Crippen molar-refractivity contribution >= 4 is 11.6 Å². The van der Waals surface area contributed by atoms with Crippen molar-refractivity contribution < 1.29 is 4.79 Å². The molecule has 0 radical (unpaired) electrons. The fraction of sp³-hybridized carbons (Fsp3) is 0.400. The van der Waals surface area contributed by atoms with Gasteiger partial charge in [-0.1, -0.05) is 0 Å². The summed E-state index contributed by atoms with van der Waals surface area (Å²) in [6, 6.07) is 3.48. The summed E-state index contributed by atoms with van der Waals surface area (Å²) in [5.41, 5.74) is 5.69. The summed E-state index contributed by atoms with van der Waals surface area (Å²) >= 11 is 0. The highest BCUT2D eigenvalue weighted by Crippen LogP contribution is 2.16. The lowest BCUT2D eigenvalue weighted by Gasteiger charge is -2.21. The van der Waals surface area contributed by atoms with Crippen LogP contribution in [0.2, 0.25) is 0 Å². The van der Waals surface area contributed by atoms with E-state index in [-0.39, 0.29) is 5.91 Å². The molecule has 4 nitrogen and oxygen atoms in total. The van der Waals surface area contributed by atoms with Crippen LogP contribution in [0.25, 0.3) is 0 Å². The molecule has 1 aromatic rings. The topological polar surface area (TPSA) is 68.0 Å². The largest absolute Gasteiger partial charge is 0.329 e. The quantitative estimate of drug-likeness (QED) is 0.752. The van der Waals surface area contributed by atoms with Gasteiger partial charge >= 0.3 is 0 Å². The molecule has 76 valence electrons. The molecule has 3 N–H and O–H groups in total. The number of nitrogens with one attached hydrogen (secondary N) is 1. The first-order valence-corrected chi connectivity index (χ1v) is 4.48. The van der Waals surface area contributed by atoms with E-state index in [1.807, 2.05) is 13.8 Å². The van der Waals surface area contributed by atoms with Gasteiger partial charge in [-0.15, -0.1) is 0 Å². The van der Waals surface area contributed by atoms with Crippen molar-refractivity contribution in [2.45, 2.75) is 13.8 Å². The molecule has 0 aliphatic heterocycles. The number of carbonyl (C=O) groups excluding carboxylic acids is 1. The number of anilines is 1. The zero-order valence-electron chi connectivity index (χ0n) is 8.45. The van der Waals surface area contributed by atoms with Crippen LogP contribution in [0.1, 0.15) is 13.8 Å². The lowest BCUT2D eigenvalue weighted by atomic mass is 9.92. The van der Waals surface area contributed by atoms with E-state index >= 15 is 0 Å². The third kappa shape index (κ3) is 2.53. The van der Waals surface area contributed by atoms with E-state index in [0.29, 0.717) is 6.54 Å². The molecule has 0 spiro atoms. The standard InChI is InChI=1S/C10H15N3O/c1-10(2,7-11)9(14)13-8-3-5-12-6-4-8/h3-6H,7,11H2,1-2H3,(H,12,13,14). The third-order valence-electron chi connectivity index (χ3n) is 2.06. The highest BCUT2D eigenvalue weighted by atomic mass is 16.2. The second kappa shape index (κ2) is 4.19. The van der Waals surface area contributed by atoms with Gasteiger partial charge in [-0.2, -0.15) is 0 Å². The van der Waals surface area contributed by atoms with E-state index in [0.717, 1.165) is 5.69 Å². The fourth-order valence-corrected chi connectivity index (χ4v) is 0.828. The maximum Gasteiger partial charge on any atom is 0.231 e. The van der Waals surface area contributed by atoms with Gasteiger partial charge in [0.2, 0.25) is 5.91 Å². The minimum absolute atomic E-state index is 0.0776. The number of carbonyl (C=O) groups is 1. The van der Waals surface area contributed by atoms with Crippen molar-refractivity contribution in [3.05, 3.63) is 24.5 Å². The van der Waals surface area contributed by atoms with Crippen molar-refractivity contribution in [1.29, 1.82) is 0 Å². The van der Waals surface area contributed by atoms with Gasteiger partial charge in [0.05, 0.1) is 5.41 Å². The average Bonchev–Trinajstić information content (AvgIpc) is 2.19. The highest BCUT2D eigenvalue weighted by Gasteiger charge is 2.25. The van der Waals surface area contributed by atoms with Crippen LogP contribution in [0.4, 0.5) is 5.69 Å². The molecule has 0 bridgehead atoms. The lowest BCUT2D eigenvalue weighted by molar-refractivity contribution is -0.123. The Morgan fingerprint density at radius 2 is 2.07 bits per heavy atom. The van der Waals surface area contributed by atoms with Crippen molar-refractivity contribution in [1.82, 2.24) is 4.98 Å². The van der Waals surface area contributed by atoms with Gasteiger partial charge in [0.25, 0.3) is 0 Å². The first kappa shape index (κ1) is 10.7. The first-order valence-electron chi connectivity index (χ1n) is 4.48. The number of amides is 1. The number of nitrogens with two attached hydrogens (primary N) is 1. The molecule has 0 saturated heterocycles. The van der Waals surface area contributed by atoms with Crippen LogP contribution in [0.15, 0.2) is 24.5 Å². The van der Waals surface area contributed by atoms with E-state index in [4.69, 9.17) is 5.73 Å². The van der Waals surface area contributed by atoms with Crippen LogP contribution < -0.4 is 11.1 Å². The lowest BCUT2D eigenvalue weighted by Crippen LogP contribution is -2.37. The third-order valence-corrected chi connectivity index (χ3v) is 2.06. The van der Waals surface area contributed by atoms with Gasteiger partial charge in [0.1, 0.15) is 0 Å². The zero-order valence-corrected chi connectivity index (χ0v) is 8.45. The number of pyridine rings is 1. The average molecular weight is 193 g/mol. The number of hydrogen-bond acceptors (Lipinski definition) is 3. The summed E-state index contributed by atoms with van der Waals surface area (Å²) in [7, 11) is 0. The second-order valence-corrected chi connectivity index (χ2v) is 3.78. The summed E-state index contributed by atoms with van der Waals surface area (Å²) in [5, 5.41) is 2.77. The van der Waals surface area contributed by atoms with Crippen LogP contribution >= 0.6 is 0 Å². The van der Waals surface area contributed by atoms with Gasteiger partial charge in [-0.25, -0.2) is 0 Å². The molecule has 0 saturated carbocycles. The molecular formula is C10H15N3O.